The Bertz CT molecular complexity index is 1030. The first-order chi connectivity index (χ1) is 15.0. The van der Waals surface area contributed by atoms with Crippen LogP contribution < -0.4 is 15.8 Å². The van der Waals surface area contributed by atoms with Crippen molar-refractivity contribution < 1.29 is 19.5 Å². The minimum absolute atomic E-state index is 0.0512. The average molecular weight is 414 g/mol. The summed E-state index contributed by atoms with van der Waals surface area (Å²) in [4.78, 5) is 35.6. The maximum atomic E-state index is 12.8. The van der Waals surface area contributed by atoms with Crippen molar-refractivity contribution >= 4 is 24.0 Å². The Morgan fingerprint density at radius 2 is 1.39 bits per heavy atom. The Labute approximate surface area is 179 Å². The molecule has 3 aromatic carbocycles. The molecule has 2 N–H and O–H groups in total. The van der Waals surface area contributed by atoms with Crippen LogP contribution >= 0.6 is 0 Å². The maximum Gasteiger partial charge on any atom is 0.259 e. The van der Waals surface area contributed by atoms with Gasteiger partial charge in [-0.15, -0.1) is 0 Å². The SMILES string of the molecule is O=C(CNC(=O)C(c1ccccc1)c1ccccc1)N/N=C/c1ccc(C(=O)[O-])cc1. The average Bonchev–Trinajstić information content (AvgIpc) is 2.80. The van der Waals surface area contributed by atoms with Crippen molar-refractivity contribution in [3.63, 3.8) is 0 Å². The number of carbonyl (C=O) groups is 3. The molecular weight excluding hydrogens is 394 g/mol. The van der Waals surface area contributed by atoms with Crippen LogP contribution in [-0.4, -0.2) is 30.5 Å². The molecule has 0 bridgehead atoms. The molecule has 156 valence electrons. The van der Waals surface area contributed by atoms with Crippen LogP contribution in [0.4, 0.5) is 0 Å². The topological polar surface area (TPSA) is 111 Å². The molecule has 0 spiro atoms. The zero-order valence-corrected chi connectivity index (χ0v) is 16.5. The van der Waals surface area contributed by atoms with Gasteiger partial charge in [-0.05, 0) is 22.3 Å². The summed E-state index contributed by atoms with van der Waals surface area (Å²) >= 11 is 0. The van der Waals surface area contributed by atoms with Crippen LogP contribution in [0.5, 0.6) is 0 Å². The predicted octanol–water partition coefficient (Wildman–Crippen LogP) is 1.45. The van der Waals surface area contributed by atoms with Gasteiger partial charge in [0.05, 0.1) is 24.6 Å². The van der Waals surface area contributed by atoms with Crippen molar-refractivity contribution in [1.29, 1.82) is 0 Å². The molecule has 0 saturated carbocycles. The van der Waals surface area contributed by atoms with Crippen molar-refractivity contribution in [2.24, 2.45) is 5.10 Å². The summed E-state index contributed by atoms with van der Waals surface area (Å²) in [5, 5.41) is 17.2. The lowest BCUT2D eigenvalue weighted by Crippen LogP contribution is -2.37. The molecular formula is C24H20N3O4-. The first-order valence-corrected chi connectivity index (χ1v) is 9.55. The van der Waals surface area contributed by atoms with Crippen molar-refractivity contribution in [3.8, 4) is 0 Å². The third-order valence-corrected chi connectivity index (χ3v) is 4.50. The first-order valence-electron chi connectivity index (χ1n) is 9.55. The smallest absolute Gasteiger partial charge is 0.259 e. The Morgan fingerprint density at radius 3 is 1.90 bits per heavy atom. The molecule has 31 heavy (non-hydrogen) atoms. The van der Waals surface area contributed by atoms with Gasteiger partial charge in [0.15, 0.2) is 0 Å². The number of rotatable bonds is 8. The van der Waals surface area contributed by atoms with Crippen molar-refractivity contribution in [3.05, 3.63) is 107 Å². The highest BCUT2D eigenvalue weighted by Crippen LogP contribution is 2.24. The number of amides is 2. The molecule has 0 atom stereocenters. The standard InChI is InChI=1S/C24H21N3O4/c28-21(27-26-15-17-11-13-20(14-12-17)24(30)31)16-25-23(29)22(18-7-3-1-4-8-18)19-9-5-2-6-10-19/h1-15,22H,16H2,(H,25,29)(H,27,28)(H,30,31)/p-1/b26-15+. The first kappa shape index (κ1) is 21.4. The number of carbonyl (C=O) groups excluding carboxylic acids is 3. The van der Waals surface area contributed by atoms with Gasteiger partial charge in [-0.1, -0.05) is 84.9 Å². The molecule has 0 fully saturated rings. The second-order valence-electron chi connectivity index (χ2n) is 6.67. The van der Waals surface area contributed by atoms with E-state index in [1.54, 1.807) is 0 Å². The summed E-state index contributed by atoms with van der Waals surface area (Å²) in [5.74, 6) is -2.59. The number of benzene rings is 3. The summed E-state index contributed by atoms with van der Waals surface area (Å²) < 4.78 is 0. The Balaban J connectivity index is 1.58. The highest BCUT2D eigenvalue weighted by molar-refractivity contribution is 5.91. The molecule has 0 heterocycles. The number of aromatic carboxylic acids is 1. The molecule has 3 aromatic rings. The van der Waals surface area contributed by atoms with Gasteiger partial charge in [0.1, 0.15) is 0 Å². The third kappa shape index (κ3) is 6.11. The van der Waals surface area contributed by atoms with E-state index < -0.39 is 17.8 Å². The summed E-state index contributed by atoms with van der Waals surface area (Å²) in [5.41, 5.74) is 4.63. The fourth-order valence-corrected chi connectivity index (χ4v) is 2.98. The van der Waals surface area contributed by atoms with E-state index in [1.165, 1.54) is 30.5 Å². The fraction of sp³-hybridized carbons (Fsp3) is 0.0833. The van der Waals surface area contributed by atoms with Crippen LogP contribution in [-0.2, 0) is 9.59 Å². The van der Waals surface area contributed by atoms with Crippen LogP contribution in [0.2, 0.25) is 0 Å². The molecule has 0 aromatic heterocycles. The number of nitrogens with one attached hydrogen (secondary N) is 2. The second-order valence-corrected chi connectivity index (χ2v) is 6.67. The lowest BCUT2D eigenvalue weighted by atomic mass is 9.90. The number of carboxylic acids is 1. The minimum atomic E-state index is -1.27. The van der Waals surface area contributed by atoms with E-state index in [1.807, 2.05) is 60.7 Å². The fourth-order valence-electron chi connectivity index (χ4n) is 2.98. The van der Waals surface area contributed by atoms with Gasteiger partial charge in [-0.3, -0.25) is 9.59 Å². The van der Waals surface area contributed by atoms with Crippen LogP contribution in [0.3, 0.4) is 0 Å². The van der Waals surface area contributed by atoms with Crippen LogP contribution in [0.25, 0.3) is 0 Å². The molecule has 0 unspecified atom stereocenters. The summed E-state index contributed by atoms with van der Waals surface area (Å²) in [6.07, 6.45) is 1.37. The van der Waals surface area contributed by atoms with Gasteiger partial charge in [-0.25, -0.2) is 5.43 Å². The second kappa shape index (κ2) is 10.5. The molecule has 0 aliphatic heterocycles. The van der Waals surface area contributed by atoms with E-state index in [0.29, 0.717) is 5.56 Å². The van der Waals surface area contributed by atoms with Gasteiger partial charge in [0, 0.05) is 0 Å². The Morgan fingerprint density at radius 1 is 0.839 bits per heavy atom. The molecule has 7 nitrogen and oxygen atoms in total. The monoisotopic (exact) mass is 414 g/mol. The summed E-state index contributed by atoms with van der Waals surface area (Å²) in [7, 11) is 0. The molecule has 0 aliphatic rings. The number of hydrogen-bond acceptors (Lipinski definition) is 5. The highest BCUT2D eigenvalue weighted by Gasteiger charge is 2.22. The van der Waals surface area contributed by atoms with Crippen molar-refractivity contribution in [1.82, 2.24) is 10.7 Å². The number of hydrogen-bond donors (Lipinski definition) is 2. The van der Waals surface area contributed by atoms with Gasteiger partial charge < -0.3 is 15.2 Å². The zero-order valence-electron chi connectivity index (χ0n) is 16.5. The van der Waals surface area contributed by atoms with Gasteiger partial charge in [0.25, 0.3) is 5.91 Å². The normalized spacial score (nSPS) is 10.7. The molecule has 0 aliphatic carbocycles. The van der Waals surface area contributed by atoms with Gasteiger partial charge in [0.2, 0.25) is 5.91 Å². The van der Waals surface area contributed by atoms with E-state index in [-0.39, 0.29) is 18.0 Å². The van der Waals surface area contributed by atoms with Gasteiger partial charge in [-0.2, -0.15) is 5.10 Å². The van der Waals surface area contributed by atoms with E-state index in [9.17, 15) is 19.5 Å². The maximum absolute atomic E-state index is 12.8. The molecule has 2 amide bonds. The molecule has 3 rings (SSSR count). The molecule has 0 radical (unpaired) electrons. The largest absolute Gasteiger partial charge is 0.545 e. The Kier molecular flexibility index (Phi) is 7.26. The van der Waals surface area contributed by atoms with Crippen LogP contribution in [0.1, 0.15) is 33.0 Å². The quantitative estimate of drug-likeness (QED) is 0.429. The lowest BCUT2D eigenvalue weighted by Gasteiger charge is -2.17. The van der Waals surface area contributed by atoms with E-state index in [2.05, 4.69) is 15.8 Å². The van der Waals surface area contributed by atoms with E-state index in [0.717, 1.165) is 11.1 Å². The lowest BCUT2D eigenvalue weighted by molar-refractivity contribution is -0.255. The minimum Gasteiger partial charge on any atom is -0.545 e. The summed E-state index contributed by atoms with van der Waals surface area (Å²) in [6.45, 7) is -0.240. The Hall–Kier alpha value is -4.26. The predicted molar refractivity (Wildman–Crippen MR) is 114 cm³/mol. The third-order valence-electron chi connectivity index (χ3n) is 4.50. The van der Waals surface area contributed by atoms with Crippen LogP contribution in [0.15, 0.2) is 90.0 Å². The van der Waals surface area contributed by atoms with Crippen molar-refractivity contribution in [2.75, 3.05) is 6.54 Å². The molecule has 0 saturated heterocycles. The number of nitrogens with zero attached hydrogens (tertiary/aromatic N) is 1. The number of hydrazone groups is 1. The van der Waals surface area contributed by atoms with Gasteiger partial charge >= 0.3 is 0 Å². The zero-order chi connectivity index (χ0) is 22.1. The highest BCUT2D eigenvalue weighted by atomic mass is 16.4. The van der Waals surface area contributed by atoms with Crippen molar-refractivity contribution in [2.45, 2.75) is 5.92 Å². The van der Waals surface area contributed by atoms with Crippen LogP contribution in [0, 0.1) is 0 Å². The molecule has 7 heteroatoms. The van der Waals surface area contributed by atoms with E-state index >= 15 is 0 Å². The van der Waals surface area contributed by atoms with E-state index in [4.69, 9.17) is 0 Å². The number of carboxylic acid groups (broad SMARTS) is 1. The summed E-state index contributed by atoms with van der Waals surface area (Å²) in [6, 6.07) is 24.5.